The minimum atomic E-state index is 0.220. The second-order valence-corrected chi connectivity index (χ2v) is 4.47. The molecule has 2 rings (SSSR count). The highest BCUT2D eigenvalue weighted by molar-refractivity contribution is 6.28. The molecule has 0 saturated heterocycles. The number of nitrogens with one attached hydrogen (secondary N) is 2. The minimum Gasteiger partial charge on any atom is -0.354 e. The first kappa shape index (κ1) is 11.4. The van der Waals surface area contributed by atoms with E-state index in [9.17, 15) is 0 Å². The van der Waals surface area contributed by atoms with Crippen LogP contribution in [-0.4, -0.2) is 28.0 Å². The molecule has 88 valence electrons. The van der Waals surface area contributed by atoms with Gasteiger partial charge in [-0.25, -0.2) is 0 Å². The fourth-order valence-electron chi connectivity index (χ4n) is 1.57. The zero-order valence-corrected chi connectivity index (χ0v) is 10.3. The zero-order chi connectivity index (χ0) is 11.5. The molecule has 0 bridgehead atoms. The molecule has 0 aromatic carbocycles. The van der Waals surface area contributed by atoms with Crippen molar-refractivity contribution >= 4 is 23.5 Å². The van der Waals surface area contributed by atoms with E-state index in [1.54, 1.807) is 0 Å². The van der Waals surface area contributed by atoms with Crippen molar-refractivity contribution in [3.8, 4) is 0 Å². The van der Waals surface area contributed by atoms with Gasteiger partial charge in [0.2, 0.25) is 17.2 Å². The summed E-state index contributed by atoms with van der Waals surface area (Å²) < 4.78 is 0. The molecule has 2 N–H and O–H groups in total. The Balaban J connectivity index is 1.96. The predicted molar refractivity (Wildman–Crippen MR) is 64.8 cm³/mol. The number of halogens is 1. The highest BCUT2D eigenvalue weighted by atomic mass is 35.5. The summed E-state index contributed by atoms with van der Waals surface area (Å²) in [5.41, 5.74) is 0. The molecule has 0 spiro atoms. The van der Waals surface area contributed by atoms with Gasteiger partial charge in [0, 0.05) is 13.1 Å². The average Bonchev–Trinajstić information content (AvgIpc) is 2.91. The van der Waals surface area contributed by atoms with Gasteiger partial charge < -0.3 is 10.6 Å². The summed E-state index contributed by atoms with van der Waals surface area (Å²) in [5.74, 6) is 2.64. The van der Waals surface area contributed by atoms with E-state index in [2.05, 4.69) is 32.5 Å². The van der Waals surface area contributed by atoms with E-state index in [0.29, 0.717) is 11.9 Å². The topological polar surface area (TPSA) is 62.7 Å². The second-order valence-electron chi connectivity index (χ2n) is 4.14. The monoisotopic (exact) mass is 241 g/mol. The van der Waals surface area contributed by atoms with Crippen LogP contribution in [0, 0.1) is 11.8 Å². The Kier molecular flexibility index (Phi) is 3.43. The van der Waals surface area contributed by atoms with Gasteiger partial charge in [-0.15, -0.1) is 0 Å². The van der Waals surface area contributed by atoms with E-state index in [1.165, 1.54) is 6.42 Å². The van der Waals surface area contributed by atoms with Crippen LogP contribution in [0.2, 0.25) is 5.28 Å². The fraction of sp³-hybridized carbons (Fsp3) is 0.700. The maximum Gasteiger partial charge on any atom is 0.228 e. The number of hydrogen-bond acceptors (Lipinski definition) is 5. The van der Waals surface area contributed by atoms with Crippen LogP contribution < -0.4 is 10.6 Å². The third-order valence-corrected chi connectivity index (χ3v) is 2.91. The third-order valence-electron chi connectivity index (χ3n) is 2.74. The maximum absolute atomic E-state index is 5.80. The molecule has 1 fully saturated rings. The van der Waals surface area contributed by atoms with Crippen LogP contribution in [0.1, 0.15) is 20.3 Å². The van der Waals surface area contributed by atoms with E-state index in [-0.39, 0.29) is 5.28 Å². The minimum absolute atomic E-state index is 0.220. The van der Waals surface area contributed by atoms with Gasteiger partial charge in [-0.3, -0.25) is 0 Å². The lowest BCUT2D eigenvalue weighted by molar-refractivity contribution is 0.779. The van der Waals surface area contributed by atoms with Crippen LogP contribution in [0.3, 0.4) is 0 Å². The van der Waals surface area contributed by atoms with E-state index in [0.717, 1.165) is 24.9 Å². The van der Waals surface area contributed by atoms with Gasteiger partial charge in [0.1, 0.15) is 0 Å². The van der Waals surface area contributed by atoms with Crippen LogP contribution in [0.5, 0.6) is 0 Å². The normalized spacial score (nSPS) is 22.9. The van der Waals surface area contributed by atoms with Crippen molar-refractivity contribution < 1.29 is 0 Å². The molecule has 6 heteroatoms. The van der Waals surface area contributed by atoms with Crippen molar-refractivity contribution in [1.82, 2.24) is 15.0 Å². The van der Waals surface area contributed by atoms with Crippen molar-refractivity contribution in [3.63, 3.8) is 0 Å². The average molecular weight is 242 g/mol. The molecule has 0 aliphatic heterocycles. The molecule has 1 aromatic rings. The first-order valence-electron chi connectivity index (χ1n) is 5.58. The highest BCUT2D eigenvalue weighted by Crippen LogP contribution is 2.37. The summed E-state index contributed by atoms with van der Waals surface area (Å²) in [4.78, 5) is 12.2. The molecule has 1 heterocycles. The molecule has 1 aliphatic carbocycles. The number of hydrogen-bond donors (Lipinski definition) is 2. The predicted octanol–water partition coefficient (Wildman–Crippen LogP) is 2.02. The summed E-state index contributed by atoms with van der Waals surface area (Å²) in [6.07, 6.45) is 1.28. The summed E-state index contributed by atoms with van der Waals surface area (Å²) >= 11 is 5.80. The van der Waals surface area contributed by atoms with Crippen LogP contribution in [-0.2, 0) is 0 Å². The van der Waals surface area contributed by atoms with Gasteiger partial charge in [0.15, 0.2) is 0 Å². The summed E-state index contributed by atoms with van der Waals surface area (Å²) in [5, 5.41) is 6.42. The van der Waals surface area contributed by atoms with Crippen LogP contribution in [0.4, 0.5) is 11.9 Å². The number of rotatable bonds is 5. The number of anilines is 2. The molecule has 16 heavy (non-hydrogen) atoms. The number of nitrogens with zero attached hydrogens (tertiary/aromatic N) is 3. The molecular weight excluding hydrogens is 226 g/mol. The lowest BCUT2D eigenvalue weighted by atomic mass is 10.3. The Bertz CT molecular complexity index is 370. The zero-order valence-electron chi connectivity index (χ0n) is 9.50. The fourth-order valence-corrected chi connectivity index (χ4v) is 1.73. The second kappa shape index (κ2) is 4.82. The van der Waals surface area contributed by atoms with Gasteiger partial charge in [-0.1, -0.05) is 6.92 Å². The summed E-state index contributed by atoms with van der Waals surface area (Å²) in [6.45, 7) is 5.90. The van der Waals surface area contributed by atoms with E-state index < -0.39 is 0 Å². The van der Waals surface area contributed by atoms with Crippen molar-refractivity contribution in [2.45, 2.75) is 20.3 Å². The standard InChI is InChI=1S/C10H16ClN5/c1-3-12-9-14-8(11)15-10(16-9)13-5-7-4-6(7)2/h6-7H,3-5H2,1-2H3,(H2,12,13,14,15,16). The van der Waals surface area contributed by atoms with Crippen LogP contribution in [0.25, 0.3) is 0 Å². The number of aromatic nitrogens is 3. The Morgan fingerprint density at radius 3 is 2.44 bits per heavy atom. The Morgan fingerprint density at radius 1 is 1.25 bits per heavy atom. The largest absolute Gasteiger partial charge is 0.354 e. The third kappa shape index (κ3) is 2.95. The highest BCUT2D eigenvalue weighted by Gasteiger charge is 2.32. The van der Waals surface area contributed by atoms with Crippen LogP contribution >= 0.6 is 11.6 Å². The quantitative estimate of drug-likeness (QED) is 0.826. The summed E-state index contributed by atoms with van der Waals surface area (Å²) in [7, 11) is 0. The molecule has 5 nitrogen and oxygen atoms in total. The Labute approximate surface area is 100 Å². The Morgan fingerprint density at radius 2 is 1.88 bits per heavy atom. The van der Waals surface area contributed by atoms with Crippen molar-refractivity contribution in [2.75, 3.05) is 23.7 Å². The first-order valence-corrected chi connectivity index (χ1v) is 5.96. The van der Waals surface area contributed by atoms with Gasteiger partial charge in [-0.2, -0.15) is 15.0 Å². The maximum atomic E-state index is 5.80. The smallest absolute Gasteiger partial charge is 0.228 e. The van der Waals surface area contributed by atoms with E-state index >= 15 is 0 Å². The SMILES string of the molecule is CCNc1nc(Cl)nc(NCC2CC2C)n1. The molecule has 0 amide bonds. The molecule has 1 aliphatic rings. The lowest BCUT2D eigenvalue weighted by Gasteiger charge is -2.06. The Hall–Kier alpha value is -1.10. The van der Waals surface area contributed by atoms with E-state index in [4.69, 9.17) is 11.6 Å². The molecule has 1 saturated carbocycles. The lowest BCUT2D eigenvalue weighted by Crippen LogP contribution is -2.11. The molecule has 0 radical (unpaired) electrons. The first-order chi connectivity index (χ1) is 7.69. The van der Waals surface area contributed by atoms with Crippen LogP contribution in [0.15, 0.2) is 0 Å². The van der Waals surface area contributed by atoms with Crippen molar-refractivity contribution in [2.24, 2.45) is 11.8 Å². The molecule has 1 aromatic heterocycles. The van der Waals surface area contributed by atoms with Crippen molar-refractivity contribution in [1.29, 1.82) is 0 Å². The molecule has 2 unspecified atom stereocenters. The summed E-state index contributed by atoms with van der Waals surface area (Å²) in [6, 6.07) is 0. The van der Waals surface area contributed by atoms with Gasteiger partial charge >= 0.3 is 0 Å². The van der Waals surface area contributed by atoms with E-state index in [1.807, 2.05) is 6.92 Å². The van der Waals surface area contributed by atoms with Gasteiger partial charge in [0.05, 0.1) is 0 Å². The molecular formula is C10H16ClN5. The van der Waals surface area contributed by atoms with Gasteiger partial charge in [0.25, 0.3) is 0 Å². The molecule has 2 atom stereocenters. The van der Waals surface area contributed by atoms with Crippen molar-refractivity contribution in [3.05, 3.63) is 5.28 Å². The van der Waals surface area contributed by atoms with Gasteiger partial charge in [-0.05, 0) is 36.8 Å².